The van der Waals surface area contributed by atoms with Crippen LogP contribution in [0.15, 0.2) is 53.1 Å². The van der Waals surface area contributed by atoms with E-state index in [1.165, 1.54) is 37.6 Å². The normalized spacial score (nSPS) is 11.3. The van der Waals surface area contributed by atoms with E-state index in [4.69, 9.17) is 9.15 Å². The Balaban J connectivity index is 1.72. The maximum Gasteiger partial charge on any atom is 0.417 e. The third kappa shape index (κ3) is 4.08. The molecule has 0 spiro atoms. The van der Waals surface area contributed by atoms with Crippen LogP contribution in [0.25, 0.3) is 11.5 Å². The Bertz CT molecular complexity index is 999. The molecule has 0 unspecified atom stereocenters. The number of nitrogens with zero attached hydrogens (tertiary/aromatic N) is 1. The van der Waals surface area contributed by atoms with Crippen molar-refractivity contribution in [2.24, 2.45) is 0 Å². The summed E-state index contributed by atoms with van der Waals surface area (Å²) >= 11 is 0. The second-order valence-corrected chi connectivity index (χ2v) is 5.76. The molecule has 0 saturated carbocycles. The molecule has 2 N–H and O–H groups in total. The van der Waals surface area contributed by atoms with Crippen molar-refractivity contribution in [3.63, 3.8) is 0 Å². The minimum Gasteiger partial charge on any atom is -0.504 e. The van der Waals surface area contributed by atoms with Gasteiger partial charge >= 0.3 is 6.18 Å². The lowest BCUT2D eigenvalue weighted by molar-refractivity contribution is -0.137. The van der Waals surface area contributed by atoms with E-state index in [-0.39, 0.29) is 23.9 Å². The standard InChI is InChI=1S/C19H15F3N2O4/c1-27-16-7-6-11(8-15(16)25)18-24-12(10-28-18)9-23-17(26)13-4-2-3-5-14(13)19(20,21)22/h2-8,10,25H,9H2,1H3,(H,23,26). The van der Waals surface area contributed by atoms with E-state index < -0.39 is 23.2 Å². The number of oxazole rings is 1. The molecule has 0 atom stereocenters. The predicted molar refractivity (Wildman–Crippen MR) is 92.8 cm³/mol. The zero-order valence-corrected chi connectivity index (χ0v) is 14.6. The summed E-state index contributed by atoms with van der Waals surface area (Å²) in [6.07, 6.45) is -3.36. The molecular formula is C19H15F3N2O4. The van der Waals surface area contributed by atoms with Crippen molar-refractivity contribution in [2.75, 3.05) is 7.11 Å². The number of amides is 1. The number of hydrogen-bond donors (Lipinski definition) is 2. The number of ether oxygens (including phenoxy) is 1. The lowest BCUT2D eigenvalue weighted by Crippen LogP contribution is -2.26. The number of benzene rings is 2. The van der Waals surface area contributed by atoms with Crippen LogP contribution in [-0.4, -0.2) is 23.1 Å². The average molecular weight is 392 g/mol. The highest BCUT2D eigenvalue weighted by molar-refractivity contribution is 5.95. The molecule has 3 aromatic rings. The summed E-state index contributed by atoms with van der Waals surface area (Å²) in [5.41, 5.74) is -0.706. The SMILES string of the molecule is COc1ccc(-c2nc(CNC(=O)c3ccccc3C(F)(F)F)co2)cc1O. The van der Waals surface area contributed by atoms with Gasteiger partial charge in [-0.1, -0.05) is 12.1 Å². The first-order valence-corrected chi connectivity index (χ1v) is 8.06. The van der Waals surface area contributed by atoms with Crippen LogP contribution in [0.3, 0.4) is 0 Å². The number of carbonyl (C=O) groups is 1. The minimum absolute atomic E-state index is 0.100. The number of halogens is 3. The van der Waals surface area contributed by atoms with Gasteiger partial charge in [0.05, 0.1) is 30.5 Å². The molecule has 0 aliphatic carbocycles. The molecule has 0 saturated heterocycles. The number of methoxy groups -OCH3 is 1. The molecule has 6 nitrogen and oxygen atoms in total. The van der Waals surface area contributed by atoms with Crippen LogP contribution in [0.1, 0.15) is 21.6 Å². The smallest absolute Gasteiger partial charge is 0.417 e. The molecule has 0 aliphatic heterocycles. The molecule has 1 amide bonds. The molecule has 0 fully saturated rings. The van der Waals surface area contributed by atoms with Gasteiger partial charge in [-0.15, -0.1) is 0 Å². The molecule has 9 heteroatoms. The van der Waals surface area contributed by atoms with Gasteiger partial charge in [0.2, 0.25) is 5.89 Å². The van der Waals surface area contributed by atoms with Crippen molar-refractivity contribution in [2.45, 2.75) is 12.7 Å². The van der Waals surface area contributed by atoms with Crippen molar-refractivity contribution in [1.82, 2.24) is 10.3 Å². The number of aromatic hydroxyl groups is 1. The highest BCUT2D eigenvalue weighted by Crippen LogP contribution is 2.32. The first-order valence-electron chi connectivity index (χ1n) is 8.06. The van der Waals surface area contributed by atoms with Gasteiger partial charge < -0.3 is 19.6 Å². The fourth-order valence-electron chi connectivity index (χ4n) is 2.54. The number of phenolic OH excluding ortho intramolecular Hbond substituents is 1. The van der Waals surface area contributed by atoms with Gasteiger partial charge in [0.15, 0.2) is 11.5 Å². The van der Waals surface area contributed by atoms with E-state index in [0.29, 0.717) is 11.3 Å². The Morgan fingerprint density at radius 1 is 1.25 bits per heavy atom. The third-order valence-electron chi connectivity index (χ3n) is 3.88. The summed E-state index contributed by atoms with van der Waals surface area (Å²) in [4.78, 5) is 16.3. The highest BCUT2D eigenvalue weighted by Gasteiger charge is 2.34. The molecule has 0 bridgehead atoms. The van der Waals surface area contributed by atoms with Crippen molar-refractivity contribution in [3.05, 3.63) is 65.5 Å². The van der Waals surface area contributed by atoms with Gasteiger partial charge in [-0.25, -0.2) is 4.98 Å². The Hall–Kier alpha value is -3.49. The number of rotatable bonds is 5. The lowest BCUT2D eigenvalue weighted by atomic mass is 10.1. The van der Waals surface area contributed by atoms with Crippen molar-refractivity contribution in [1.29, 1.82) is 0 Å². The molecular weight excluding hydrogens is 377 g/mol. The Morgan fingerprint density at radius 3 is 2.68 bits per heavy atom. The summed E-state index contributed by atoms with van der Waals surface area (Å²) in [6, 6.07) is 9.07. The topological polar surface area (TPSA) is 84.6 Å². The quantitative estimate of drug-likeness (QED) is 0.686. The second kappa shape index (κ2) is 7.63. The molecule has 146 valence electrons. The van der Waals surface area contributed by atoms with E-state index in [1.807, 2.05) is 0 Å². The Kier molecular flexibility index (Phi) is 5.25. The zero-order chi connectivity index (χ0) is 20.3. The Morgan fingerprint density at radius 2 is 2.00 bits per heavy atom. The van der Waals surface area contributed by atoms with Gasteiger partial charge in [-0.05, 0) is 30.3 Å². The predicted octanol–water partition coefficient (Wildman–Crippen LogP) is 4.00. The van der Waals surface area contributed by atoms with Crippen LogP contribution in [0.5, 0.6) is 11.5 Å². The number of phenols is 1. The summed E-state index contributed by atoms with van der Waals surface area (Å²) in [7, 11) is 1.41. The molecule has 0 aliphatic rings. The van der Waals surface area contributed by atoms with Gasteiger partial charge in [-0.3, -0.25) is 4.79 Å². The summed E-state index contributed by atoms with van der Waals surface area (Å²) in [6.45, 7) is -0.128. The van der Waals surface area contributed by atoms with Crippen LogP contribution in [-0.2, 0) is 12.7 Å². The molecule has 3 rings (SSSR count). The summed E-state index contributed by atoms with van der Waals surface area (Å²) < 4.78 is 49.3. The van der Waals surface area contributed by atoms with E-state index in [9.17, 15) is 23.1 Å². The van der Waals surface area contributed by atoms with Gasteiger partial charge in [0.25, 0.3) is 5.91 Å². The average Bonchev–Trinajstić information content (AvgIpc) is 3.14. The van der Waals surface area contributed by atoms with Crippen LogP contribution >= 0.6 is 0 Å². The highest BCUT2D eigenvalue weighted by atomic mass is 19.4. The fraction of sp³-hybridized carbons (Fsp3) is 0.158. The van der Waals surface area contributed by atoms with Gasteiger partial charge in [0, 0.05) is 5.56 Å². The summed E-state index contributed by atoms with van der Waals surface area (Å²) in [5, 5.41) is 12.2. The molecule has 28 heavy (non-hydrogen) atoms. The molecule has 0 radical (unpaired) electrons. The van der Waals surface area contributed by atoms with Crippen LogP contribution < -0.4 is 10.1 Å². The van der Waals surface area contributed by atoms with Crippen LogP contribution in [0.2, 0.25) is 0 Å². The molecule has 1 heterocycles. The van der Waals surface area contributed by atoms with Crippen molar-refractivity contribution < 1.29 is 32.2 Å². The van der Waals surface area contributed by atoms with Gasteiger partial charge in [0.1, 0.15) is 6.26 Å². The fourth-order valence-corrected chi connectivity index (χ4v) is 2.54. The number of hydrogen-bond acceptors (Lipinski definition) is 5. The number of carbonyl (C=O) groups excluding carboxylic acids is 1. The minimum atomic E-state index is -4.63. The van der Waals surface area contributed by atoms with E-state index >= 15 is 0 Å². The van der Waals surface area contributed by atoms with E-state index in [0.717, 1.165) is 12.1 Å². The molecule has 1 aromatic heterocycles. The Labute approximate surface area is 157 Å². The second-order valence-electron chi connectivity index (χ2n) is 5.76. The monoisotopic (exact) mass is 392 g/mol. The van der Waals surface area contributed by atoms with Crippen LogP contribution in [0, 0.1) is 0 Å². The number of nitrogens with one attached hydrogen (secondary N) is 1. The zero-order valence-electron chi connectivity index (χ0n) is 14.6. The van der Waals surface area contributed by atoms with Crippen LogP contribution in [0.4, 0.5) is 13.2 Å². The largest absolute Gasteiger partial charge is 0.504 e. The van der Waals surface area contributed by atoms with E-state index in [1.54, 1.807) is 6.07 Å². The third-order valence-corrected chi connectivity index (χ3v) is 3.88. The number of aromatic nitrogens is 1. The first kappa shape index (κ1) is 19.3. The maximum absolute atomic E-state index is 13.0. The number of alkyl halides is 3. The first-order chi connectivity index (χ1) is 13.3. The van der Waals surface area contributed by atoms with Crippen molar-refractivity contribution in [3.8, 4) is 23.0 Å². The lowest BCUT2D eigenvalue weighted by Gasteiger charge is -2.12. The maximum atomic E-state index is 13.0. The van der Waals surface area contributed by atoms with Crippen molar-refractivity contribution >= 4 is 5.91 Å². The van der Waals surface area contributed by atoms with E-state index in [2.05, 4.69) is 10.3 Å². The van der Waals surface area contributed by atoms with Gasteiger partial charge in [-0.2, -0.15) is 13.2 Å². The summed E-state index contributed by atoms with van der Waals surface area (Å²) in [5.74, 6) is -0.514. The molecule has 2 aromatic carbocycles.